The zero-order valence-corrected chi connectivity index (χ0v) is 20.3. The maximum Gasteiger partial charge on any atom is 0.191 e. The minimum atomic E-state index is 0. The second-order valence-corrected chi connectivity index (χ2v) is 8.02. The molecule has 1 aromatic carbocycles. The number of nitrogens with one attached hydrogen (secondary N) is 2. The molecule has 8 heteroatoms. The summed E-state index contributed by atoms with van der Waals surface area (Å²) in [6.45, 7) is 6.42. The molecule has 7 nitrogen and oxygen atoms in total. The molecule has 0 fully saturated rings. The first-order valence-electron chi connectivity index (χ1n) is 10.5. The Kier molecular flexibility index (Phi) is 7.85. The number of benzene rings is 1. The predicted molar refractivity (Wildman–Crippen MR) is 129 cm³/mol. The lowest BCUT2D eigenvalue weighted by molar-refractivity contribution is 0.297. The Hall–Kier alpha value is -1.97. The molecule has 0 amide bonds. The van der Waals surface area contributed by atoms with Gasteiger partial charge in [0, 0.05) is 44.7 Å². The predicted octanol–water partition coefficient (Wildman–Crippen LogP) is 3.47. The van der Waals surface area contributed by atoms with E-state index in [-0.39, 0.29) is 24.0 Å². The van der Waals surface area contributed by atoms with Crippen LogP contribution in [-0.2, 0) is 19.4 Å². The first-order chi connectivity index (χ1) is 14.1. The van der Waals surface area contributed by atoms with Gasteiger partial charge in [0.15, 0.2) is 17.5 Å². The van der Waals surface area contributed by atoms with Gasteiger partial charge in [-0.15, -0.1) is 24.0 Å². The van der Waals surface area contributed by atoms with E-state index in [2.05, 4.69) is 46.4 Å². The van der Waals surface area contributed by atoms with E-state index in [0.29, 0.717) is 31.8 Å². The van der Waals surface area contributed by atoms with Crippen LogP contribution in [0.1, 0.15) is 49.6 Å². The van der Waals surface area contributed by atoms with Gasteiger partial charge in [0.1, 0.15) is 0 Å². The van der Waals surface area contributed by atoms with E-state index >= 15 is 0 Å². The highest BCUT2D eigenvalue weighted by molar-refractivity contribution is 14.0. The number of aromatic nitrogens is 2. The molecule has 1 aliphatic carbocycles. The van der Waals surface area contributed by atoms with E-state index < -0.39 is 0 Å². The quantitative estimate of drug-likeness (QED) is 0.364. The van der Waals surface area contributed by atoms with Crippen molar-refractivity contribution in [2.24, 2.45) is 4.99 Å². The number of halogens is 1. The Bertz CT molecular complexity index is 880. The van der Waals surface area contributed by atoms with E-state index in [1.54, 1.807) is 0 Å². The minimum absolute atomic E-state index is 0. The third-order valence-electron chi connectivity index (χ3n) is 5.46. The number of hydrogen-bond acceptors (Lipinski definition) is 4. The number of aryl methyl sites for hydroxylation is 1. The number of rotatable bonds is 4. The Morgan fingerprint density at radius 3 is 2.83 bits per heavy atom. The standard InChI is InChI=1S/C22H31N5O2.HI/c1-15(2)27-14-17-6-7-18(12-19(17)26-27)25-22(23-3)24-13-16-5-8-20-21(11-16)29-10-4-9-28-20;/h5,8,11,14-15,18H,4,6-7,9-10,12-13H2,1-3H3,(H2,23,24,25);1H. The van der Waals surface area contributed by atoms with Crippen molar-refractivity contribution >= 4 is 29.9 Å². The maximum atomic E-state index is 5.79. The SMILES string of the molecule is CN=C(NCc1ccc2c(c1)OCCCO2)NC1CCc2cn(C(C)C)nc2C1.I. The van der Waals surface area contributed by atoms with Crippen LogP contribution in [0.25, 0.3) is 0 Å². The van der Waals surface area contributed by atoms with Crippen LogP contribution in [0, 0.1) is 0 Å². The molecule has 1 aromatic heterocycles. The molecule has 30 heavy (non-hydrogen) atoms. The molecular weight excluding hydrogens is 493 g/mol. The molecule has 2 N–H and O–H groups in total. The number of nitrogens with zero attached hydrogens (tertiary/aromatic N) is 3. The highest BCUT2D eigenvalue weighted by Gasteiger charge is 2.23. The summed E-state index contributed by atoms with van der Waals surface area (Å²) < 4.78 is 13.6. The van der Waals surface area contributed by atoms with Crippen LogP contribution in [0.15, 0.2) is 29.4 Å². The van der Waals surface area contributed by atoms with Gasteiger partial charge in [0.2, 0.25) is 0 Å². The Morgan fingerprint density at radius 1 is 1.27 bits per heavy atom. The highest BCUT2D eigenvalue weighted by Crippen LogP contribution is 2.30. The van der Waals surface area contributed by atoms with E-state index in [1.807, 2.05) is 19.2 Å². The molecule has 1 atom stereocenters. The number of aliphatic imine (C=N–C) groups is 1. The topological polar surface area (TPSA) is 72.7 Å². The van der Waals surface area contributed by atoms with Crippen LogP contribution in [0.4, 0.5) is 0 Å². The summed E-state index contributed by atoms with van der Waals surface area (Å²) in [4.78, 5) is 4.40. The molecule has 0 spiro atoms. The normalized spacial score (nSPS) is 18.3. The van der Waals surface area contributed by atoms with Gasteiger partial charge >= 0.3 is 0 Å². The lowest BCUT2D eigenvalue weighted by Crippen LogP contribution is -2.45. The molecule has 2 aliphatic rings. The van der Waals surface area contributed by atoms with Crippen LogP contribution >= 0.6 is 24.0 Å². The molecule has 0 radical (unpaired) electrons. The van der Waals surface area contributed by atoms with Crippen molar-refractivity contribution in [2.75, 3.05) is 20.3 Å². The summed E-state index contributed by atoms with van der Waals surface area (Å²) in [5.74, 6) is 2.46. The zero-order chi connectivity index (χ0) is 20.2. The molecule has 0 bridgehead atoms. The Morgan fingerprint density at radius 2 is 2.07 bits per heavy atom. The molecule has 164 valence electrons. The first-order valence-corrected chi connectivity index (χ1v) is 10.5. The fourth-order valence-electron chi connectivity index (χ4n) is 3.79. The fraction of sp³-hybridized carbons (Fsp3) is 0.545. The largest absolute Gasteiger partial charge is 0.490 e. The number of hydrogen-bond donors (Lipinski definition) is 2. The molecule has 2 heterocycles. The Labute approximate surface area is 195 Å². The number of fused-ring (bicyclic) bond motifs is 2. The van der Waals surface area contributed by atoms with E-state index in [1.165, 1.54) is 11.3 Å². The third kappa shape index (κ3) is 5.39. The van der Waals surface area contributed by atoms with Gasteiger partial charge in [-0.2, -0.15) is 5.10 Å². The van der Waals surface area contributed by atoms with Crippen molar-refractivity contribution in [3.8, 4) is 11.5 Å². The monoisotopic (exact) mass is 525 g/mol. The molecular formula is C22H32IN5O2. The van der Waals surface area contributed by atoms with Crippen molar-refractivity contribution in [1.29, 1.82) is 0 Å². The number of guanidine groups is 1. The van der Waals surface area contributed by atoms with Crippen LogP contribution in [0.5, 0.6) is 11.5 Å². The Balaban J connectivity index is 0.00000256. The van der Waals surface area contributed by atoms with Gasteiger partial charge in [-0.25, -0.2) is 0 Å². The average molecular weight is 525 g/mol. The lowest BCUT2D eigenvalue weighted by atomic mass is 9.94. The average Bonchev–Trinajstić information content (AvgIpc) is 3.01. The van der Waals surface area contributed by atoms with Crippen LogP contribution < -0.4 is 20.1 Å². The third-order valence-corrected chi connectivity index (χ3v) is 5.46. The van der Waals surface area contributed by atoms with Gasteiger partial charge < -0.3 is 20.1 Å². The van der Waals surface area contributed by atoms with Crippen molar-refractivity contribution in [2.45, 2.75) is 58.2 Å². The van der Waals surface area contributed by atoms with Gasteiger partial charge in [-0.05, 0) is 49.9 Å². The summed E-state index contributed by atoms with van der Waals surface area (Å²) in [7, 11) is 1.81. The van der Waals surface area contributed by atoms with E-state index in [0.717, 1.165) is 48.7 Å². The molecule has 0 saturated heterocycles. The zero-order valence-electron chi connectivity index (χ0n) is 18.0. The van der Waals surface area contributed by atoms with E-state index in [9.17, 15) is 0 Å². The lowest BCUT2D eigenvalue weighted by Gasteiger charge is -2.24. The second-order valence-electron chi connectivity index (χ2n) is 8.02. The molecule has 1 aliphatic heterocycles. The second kappa shape index (κ2) is 10.4. The smallest absolute Gasteiger partial charge is 0.191 e. The molecule has 1 unspecified atom stereocenters. The van der Waals surface area contributed by atoms with Gasteiger partial charge in [0.05, 0.1) is 18.9 Å². The minimum Gasteiger partial charge on any atom is -0.490 e. The summed E-state index contributed by atoms with van der Waals surface area (Å²) in [5, 5.41) is 11.7. The maximum absolute atomic E-state index is 5.79. The van der Waals surface area contributed by atoms with Gasteiger partial charge in [-0.1, -0.05) is 6.07 Å². The van der Waals surface area contributed by atoms with Crippen LogP contribution in [-0.4, -0.2) is 42.0 Å². The van der Waals surface area contributed by atoms with Crippen LogP contribution in [0.3, 0.4) is 0 Å². The van der Waals surface area contributed by atoms with Gasteiger partial charge in [-0.3, -0.25) is 9.67 Å². The van der Waals surface area contributed by atoms with Crippen molar-refractivity contribution in [3.05, 3.63) is 41.2 Å². The summed E-state index contributed by atoms with van der Waals surface area (Å²) >= 11 is 0. The first kappa shape index (κ1) is 22.7. The van der Waals surface area contributed by atoms with E-state index in [4.69, 9.17) is 14.6 Å². The number of ether oxygens (including phenoxy) is 2. The highest BCUT2D eigenvalue weighted by atomic mass is 127. The molecule has 0 saturated carbocycles. The summed E-state index contributed by atoms with van der Waals surface area (Å²) in [6, 6.07) is 6.84. The molecule has 4 rings (SSSR count). The van der Waals surface area contributed by atoms with Gasteiger partial charge in [0.25, 0.3) is 0 Å². The van der Waals surface area contributed by atoms with Crippen molar-refractivity contribution < 1.29 is 9.47 Å². The summed E-state index contributed by atoms with van der Waals surface area (Å²) in [5.41, 5.74) is 3.73. The van der Waals surface area contributed by atoms with Crippen molar-refractivity contribution in [1.82, 2.24) is 20.4 Å². The molecule has 2 aromatic rings. The van der Waals surface area contributed by atoms with Crippen molar-refractivity contribution in [3.63, 3.8) is 0 Å². The summed E-state index contributed by atoms with van der Waals surface area (Å²) in [6.07, 6.45) is 6.19. The van der Waals surface area contributed by atoms with Crippen LogP contribution in [0.2, 0.25) is 0 Å². The fourth-order valence-corrected chi connectivity index (χ4v) is 3.79.